The fraction of sp³-hybridized carbons (Fsp3) is 0.143. The van der Waals surface area contributed by atoms with Crippen LogP contribution in [0.15, 0.2) is 164 Å². The van der Waals surface area contributed by atoms with Crippen LogP contribution in [0, 0.1) is 0 Å². The maximum Gasteiger partial charge on any atom is 0.0463 e. The van der Waals surface area contributed by atoms with Crippen molar-refractivity contribution in [2.24, 2.45) is 0 Å². The van der Waals surface area contributed by atoms with Crippen LogP contribution < -0.4 is 19.6 Å². The van der Waals surface area contributed by atoms with Gasteiger partial charge in [0.05, 0.1) is 0 Å². The second-order valence-electron chi connectivity index (χ2n) is 11.1. The molecule has 4 nitrogen and oxygen atoms in total. The Hall–Kier alpha value is -5.48. The highest BCUT2D eigenvalue weighted by Gasteiger charge is 2.16. The van der Waals surface area contributed by atoms with Crippen molar-refractivity contribution >= 4 is 51.2 Å². The molecule has 0 heterocycles. The maximum atomic E-state index is 2.34. The van der Waals surface area contributed by atoms with Gasteiger partial charge in [0.2, 0.25) is 0 Å². The third-order valence-electron chi connectivity index (χ3n) is 8.41. The SMILES string of the molecule is CCN(c1ccccc1)c1ccc(N(c2ccc(N(CC)c3ccccc3)cc2)c2ccc(N(CC)c3ccccc3)cc2)cc1. The van der Waals surface area contributed by atoms with Crippen LogP contribution in [0.25, 0.3) is 0 Å². The van der Waals surface area contributed by atoms with Gasteiger partial charge < -0.3 is 19.6 Å². The number of hydrogen-bond acceptors (Lipinski definition) is 4. The van der Waals surface area contributed by atoms with Gasteiger partial charge in [-0.2, -0.15) is 0 Å². The summed E-state index contributed by atoms with van der Waals surface area (Å²) >= 11 is 0. The van der Waals surface area contributed by atoms with Gasteiger partial charge in [-0.15, -0.1) is 0 Å². The minimum atomic E-state index is 0.890. The molecule has 230 valence electrons. The van der Waals surface area contributed by atoms with E-state index in [1.807, 2.05) is 0 Å². The van der Waals surface area contributed by atoms with E-state index in [9.17, 15) is 0 Å². The van der Waals surface area contributed by atoms with E-state index >= 15 is 0 Å². The zero-order valence-corrected chi connectivity index (χ0v) is 27.0. The number of para-hydroxylation sites is 3. The third kappa shape index (κ3) is 6.62. The van der Waals surface area contributed by atoms with Crippen molar-refractivity contribution in [3.63, 3.8) is 0 Å². The molecule has 0 radical (unpaired) electrons. The van der Waals surface area contributed by atoms with Gasteiger partial charge in [-0.3, -0.25) is 0 Å². The number of nitrogens with zero attached hydrogens (tertiary/aromatic N) is 4. The van der Waals surface area contributed by atoms with Gasteiger partial charge in [-0.25, -0.2) is 0 Å². The van der Waals surface area contributed by atoms with Gasteiger partial charge in [0, 0.05) is 70.8 Å². The monoisotopic (exact) mass is 602 g/mol. The Kier molecular flexibility index (Phi) is 9.65. The normalized spacial score (nSPS) is 10.8. The predicted molar refractivity (Wildman–Crippen MR) is 198 cm³/mol. The van der Waals surface area contributed by atoms with E-state index in [4.69, 9.17) is 0 Å². The molecule has 4 heteroatoms. The number of anilines is 9. The zero-order chi connectivity index (χ0) is 31.7. The Balaban J connectivity index is 1.36. The molecule has 0 atom stereocenters. The van der Waals surface area contributed by atoms with E-state index in [0.717, 1.165) is 36.7 Å². The van der Waals surface area contributed by atoms with Crippen molar-refractivity contribution in [2.75, 3.05) is 39.2 Å². The Morgan fingerprint density at radius 1 is 0.261 bits per heavy atom. The number of rotatable bonds is 12. The van der Waals surface area contributed by atoms with Crippen LogP contribution in [-0.4, -0.2) is 19.6 Å². The number of hydrogen-bond donors (Lipinski definition) is 0. The lowest BCUT2D eigenvalue weighted by molar-refractivity contribution is 1.02. The Labute approximate surface area is 274 Å². The van der Waals surface area contributed by atoms with Crippen molar-refractivity contribution < 1.29 is 0 Å². The lowest BCUT2D eigenvalue weighted by atomic mass is 10.1. The molecule has 0 amide bonds. The van der Waals surface area contributed by atoms with Gasteiger partial charge in [-0.05, 0) is 130 Å². The molecule has 0 aliphatic heterocycles. The van der Waals surface area contributed by atoms with Gasteiger partial charge in [0.15, 0.2) is 0 Å². The average molecular weight is 603 g/mol. The second-order valence-corrected chi connectivity index (χ2v) is 11.1. The van der Waals surface area contributed by atoms with Crippen LogP contribution in [0.4, 0.5) is 51.2 Å². The summed E-state index contributed by atoms with van der Waals surface area (Å²) in [7, 11) is 0. The molecule has 0 spiro atoms. The molecular weight excluding hydrogens is 560 g/mol. The Morgan fingerprint density at radius 2 is 0.457 bits per heavy atom. The van der Waals surface area contributed by atoms with E-state index in [0.29, 0.717) is 0 Å². The van der Waals surface area contributed by atoms with Gasteiger partial charge >= 0.3 is 0 Å². The zero-order valence-electron chi connectivity index (χ0n) is 27.0. The molecule has 6 rings (SSSR count). The Morgan fingerprint density at radius 3 is 0.674 bits per heavy atom. The molecule has 0 aliphatic carbocycles. The smallest absolute Gasteiger partial charge is 0.0463 e. The summed E-state index contributed by atoms with van der Waals surface area (Å²) in [6.07, 6.45) is 0. The van der Waals surface area contributed by atoms with Crippen LogP contribution >= 0.6 is 0 Å². The molecule has 0 aromatic heterocycles. The van der Waals surface area contributed by atoms with Crippen molar-refractivity contribution in [2.45, 2.75) is 20.8 Å². The fourth-order valence-corrected chi connectivity index (χ4v) is 6.16. The average Bonchev–Trinajstić information content (AvgIpc) is 3.13. The highest BCUT2D eigenvalue weighted by Crippen LogP contribution is 2.39. The highest BCUT2D eigenvalue weighted by molar-refractivity contribution is 5.80. The van der Waals surface area contributed by atoms with Crippen LogP contribution in [0.3, 0.4) is 0 Å². The van der Waals surface area contributed by atoms with Crippen LogP contribution in [0.5, 0.6) is 0 Å². The number of benzene rings is 6. The molecule has 0 bridgehead atoms. The minimum absolute atomic E-state index is 0.890. The van der Waals surface area contributed by atoms with E-state index in [1.54, 1.807) is 0 Å². The maximum absolute atomic E-state index is 2.34. The van der Waals surface area contributed by atoms with E-state index in [1.165, 1.54) is 34.1 Å². The summed E-state index contributed by atoms with van der Waals surface area (Å²) < 4.78 is 0. The molecule has 46 heavy (non-hydrogen) atoms. The van der Waals surface area contributed by atoms with Crippen LogP contribution in [0.2, 0.25) is 0 Å². The van der Waals surface area contributed by atoms with Crippen molar-refractivity contribution in [1.82, 2.24) is 0 Å². The van der Waals surface area contributed by atoms with Crippen molar-refractivity contribution in [3.8, 4) is 0 Å². The standard InChI is InChI=1S/C42H42N4/c1-4-43(34-16-10-7-11-17-34)37-22-28-40(29-23-37)46(41-30-24-38(25-31-41)44(5-2)35-18-12-8-13-19-35)42-32-26-39(27-33-42)45(6-3)36-20-14-9-15-21-36/h7-33H,4-6H2,1-3H3. The minimum Gasteiger partial charge on any atom is -0.342 e. The Bertz CT molecular complexity index is 1550. The molecule has 6 aromatic rings. The summed E-state index contributed by atoms with van der Waals surface area (Å²) in [4.78, 5) is 9.35. The lowest BCUT2D eigenvalue weighted by Crippen LogP contribution is -2.17. The van der Waals surface area contributed by atoms with Crippen molar-refractivity contribution in [1.29, 1.82) is 0 Å². The first-order chi connectivity index (χ1) is 22.7. The molecule has 0 saturated heterocycles. The third-order valence-corrected chi connectivity index (χ3v) is 8.41. The molecule has 6 aromatic carbocycles. The topological polar surface area (TPSA) is 13.0 Å². The molecular formula is C42H42N4. The highest BCUT2D eigenvalue weighted by atomic mass is 15.2. The van der Waals surface area contributed by atoms with Crippen molar-refractivity contribution in [3.05, 3.63) is 164 Å². The first-order valence-electron chi connectivity index (χ1n) is 16.3. The molecule has 0 aliphatic rings. The molecule has 0 saturated carbocycles. The largest absolute Gasteiger partial charge is 0.342 e. The van der Waals surface area contributed by atoms with E-state index in [2.05, 4.69) is 204 Å². The van der Waals surface area contributed by atoms with Gasteiger partial charge in [0.25, 0.3) is 0 Å². The summed E-state index contributed by atoms with van der Waals surface area (Å²) in [6, 6.07) is 58.5. The first-order valence-corrected chi connectivity index (χ1v) is 16.3. The summed E-state index contributed by atoms with van der Waals surface area (Å²) in [5.41, 5.74) is 10.4. The lowest BCUT2D eigenvalue weighted by Gasteiger charge is -2.29. The van der Waals surface area contributed by atoms with Crippen LogP contribution in [-0.2, 0) is 0 Å². The second kappa shape index (κ2) is 14.5. The molecule has 0 fully saturated rings. The summed E-state index contributed by atoms with van der Waals surface area (Å²) in [5.74, 6) is 0. The summed E-state index contributed by atoms with van der Waals surface area (Å²) in [6.45, 7) is 9.25. The van der Waals surface area contributed by atoms with Crippen LogP contribution in [0.1, 0.15) is 20.8 Å². The molecule has 0 N–H and O–H groups in total. The quantitative estimate of drug-likeness (QED) is 0.138. The molecule has 0 unspecified atom stereocenters. The summed E-state index contributed by atoms with van der Waals surface area (Å²) in [5, 5.41) is 0. The van der Waals surface area contributed by atoms with E-state index in [-0.39, 0.29) is 0 Å². The van der Waals surface area contributed by atoms with Gasteiger partial charge in [-0.1, -0.05) is 54.6 Å². The predicted octanol–water partition coefficient (Wildman–Crippen LogP) is 11.6. The fourth-order valence-electron chi connectivity index (χ4n) is 6.16. The first kappa shape index (κ1) is 30.5. The van der Waals surface area contributed by atoms with Gasteiger partial charge in [0.1, 0.15) is 0 Å². The van der Waals surface area contributed by atoms with E-state index < -0.39 is 0 Å².